The third kappa shape index (κ3) is 3.83. The second kappa shape index (κ2) is 9.86. The number of rotatable bonds is 0. The first-order valence-corrected chi connectivity index (χ1v) is 16.4. The number of nitrogens with one attached hydrogen (secondary N) is 2. The summed E-state index contributed by atoms with van der Waals surface area (Å²) in [5.74, 6) is 2.39. The summed E-state index contributed by atoms with van der Waals surface area (Å²) in [7, 11) is 4.78. The van der Waals surface area contributed by atoms with Crippen LogP contribution in [0.15, 0.2) is 97.1 Å². The van der Waals surface area contributed by atoms with E-state index in [1.165, 1.54) is 0 Å². The van der Waals surface area contributed by atoms with Gasteiger partial charge in [-0.1, -0.05) is 97.1 Å². The lowest BCUT2D eigenvalue weighted by molar-refractivity contribution is 1.19. The van der Waals surface area contributed by atoms with E-state index < -0.39 is 0 Å². The Morgan fingerprint density at radius 1 is 0.357 bits per heavy atom. The van der Waals surface area contributed by atoms with Crippen LogP contribution >= 0.6 is 10.0 Å². The fourth-order valence-corrected chi connectivity index (χ4v) is 5.59. The molecule has 8 nitrogen and oxygen atoms in total. The van der Waals surface area contributed by atoms with Gasteiger partial charge in [0.1, 0.15) is 22.6 Å². The first-order valence-electron chi connectivity index (χ1n) is 13.4. The van der Waals surface area contributed by atoms with Crippen LogP contribution in [0.5, 0.6) is 0 Å². The van der Waals surface area contributed by atoms with Crippen LogP contribution in [-0.4, -0.2) is 55.2 Å². The molecule has 3 aromatic heterocycles. The summed E-state index contributed by atoms with van der Waals surface area (Å²) in [5, 5.41) is 3.82. The normalized spacial score (nSPS) is 11.5. The van der Waals surface area contributed by atoms with E-state index in [2.05, 4.69) is 9.97 Å². The molecule has 2 N–H and O–H groups in total. The molecular weight excluding hydrogens is 559 g/mol. The Labute approximate surface area is 251 Å². The molecule has 8 bridgehead atoms. The van der Waals surface area contributed by atoms with Crippen molar-refractivity contribution in [2.75, 3.05) is 0 Å². The van der Waals surface area contributed by atoms with Crippen LogP contribution in [0, 0.1) is 0 Å². The minimum atomic E-state index is 0.597. The topological polar surface area (TPSA) is 109 Å². The number of aromatic nitrogens is 8. The van der Waals surface area contributed by atoms with E-state index in [4.69, 9.17) is 40.0 Å². The summed E-state index contributed by atoms with van der Waals surface area (Å²) in [4.78, 5) is 36.8. The molecule has 0 atom stereocenters. The lowest BCUT2D eigenvalue weighted by atomic mass is 10.1. The number of aromatic amines is 2. The largest absolute Gasteiger partial charge is 0.353 e. The molecule has 0 unspecified atom stereocenters. The second-order valence-electron chi connectivity index (χ2n) is 9.79. The van der Waals surface area contributed by atoms with Gasteiger partial charge in [-0.15, -0.1) is 0 Å². The Bertz CT molecular complexity index is 2040. The number of hydrogen-bond acceptors (Lipinski definition) is 6. The smallest absolute Gasteiger partial charge is 0.324 e. The fourth-order valence-electron chi connectivity index (χ4n) is 5.59. The van der Waals surface area contributed by atoms with Gasteiger partial charge in [0.05, 0.1) is 0 Å². The van der Waals surface area contributed by atoms with Crippen LogP contribution in [0.2, 0.25) is 0 Å². The van der Waals surface area contributed by atoms with E-state index in [0.29, 0.717) is 45.9 Å². The molecule has 2 aliphatic heterocycles. The maximum atomic E-state index is 5.02. The van der Waals surface area contributed by atoms with Crippen molar-refractivity contribution < 1.29 is 0 Å². The molecule has 9 rings (SSSR count). The van der Waals surface area contributed by atoms with Gasteiger partial charge in [0.2, 0.25) is 0 Å². The highest BCUT2D eigenvalue weighted by molar-refractivity contribution is 6.80. The Kier molecular flexibility index (Phi) is 5.83. The standard InChI is InChI=1S/C32H18N8.Al.ClH.2H/c1-2-10-18-17(9-1)25-33-26(18)38-28-21-13-5-6-14-22(21)30(35-28)40-32-24-16-8-7-15-23(24)31(36-32)39-29-20-12-4-3-11-19(20)27(34-29)37-25;;;;/h1-16H,(H2,33,34,35,36,37,38,39,40);;1H;;/q;+1;;;/p-1. The van der Waals surface area contributed by atoms with Crippen molar-refractivity contribution in [2.45, 2.75) is 0 Å². The highest BCUT2D eigenvalue weighted by Gasteiger charge is 2.21. The Balaban J connectivity index is 0.00000131. The van der Waals surface area contributed by atoms with E-state index in [9.17, 15) is 0 Å². The maximum absolute atomic E-state index is 5.02. The van der Waals surface area contributed by atoms with Crippen LogP contribution in [-0.2, 0) is 0 Å². The number of fused-ring (bicyclic) bond motifs is 20. The van der Waals surface area contributed by atoms with Crippen molar-refractivity contribution in [3.8, 4) is 45.6 Å². The average molecular weight is 579 g/mol. The zero-order valence-electron chi connectivity index (χ0n) is 22.3. The van der Waals surface area contributed by atoms with Crippen molar-refractivity contribution in [1.29, 1.82) is 0 Å². The van der Waals surface area contributed by atoms with Crippen LogP contribution in [0.3, 0.4) is 0 Å². The summed E-state index contributed by atoms with van der Waals surface area (Å²) in [6.45, 7) is 0. The Hall–Kier alpha value is -4.94. The molecule has 0 saturated heterocycles. The summed E-state index contributed by atoms with van der Waals surface area (Å²) in [6.07, 6.45) is 0. The van der Waals surface area contributed by atoms with E-state index in [1.807, 2.05) is 97.1 Å². The summed E-state index contributed by atoms with van der Waals surface area (Å²) < 4.78 is 0. The maximum Gasteiger partial charge on any atom is 0.353 e. The molecule has 4 aromatic carbocycles. The number of hydrogen-bond donors (Lipinski definition) is 2. The van der Waals surface area contributed by atoms with E-state index in [-0.39, 0.29) is 0 Å². The fraction of sp³-hybridized carbons (Fsp3) is 0. The van der Waals surface area contributed by atoms with Crippen molar-refractivity contribution >= 4 is 69.6 Å². The quantitative estimate of drug-likeness (QED) is 0.195. The van der Waals surface area contributed by atoms with Gasteiger partial charge in [-0.2, -0.15) is 0 Å². The van der Waals surface area contributed by atoms with Crippen LogP contribution in [0.4, 0.5) is 0 Å². The second-order valence-corrected chi connectivity index (χ2v) is 9.79. The van der Waals surface area contributed by atoms with Gasteiger partial charge in [0, 0.05) is 43.8 Å². The molecule has 5 heterocycles. The zero-order chi connectivity index (χ0) is 28.2. The highest BCUT2D eigenvalue weighted by Crippen LogP contribution is 2.36. The molecule has 0 spiro atoms. The third-order valence-corrected chi connectivity index (χ3v) is 7.46. The first-order chi connectivity index (χ1) is 20.8. The lowest BCUT2D eigenvalue weighted by Gasteiger charge is -1.96. The number of H-pyrrole nitrogens is 2. The summed E-state index contributed by atoms with van der Waals surface area (Å²) >= 11 is 0.778. The monoisotopic (exact) mass is 578 g/mol. The van der Waals surface area contributed by atoms with E-state index in [1.54, 1.807) is 0 Å². The molecule has 7 aromatic rings. The molecule has 0 amide bonds. The van der Waals surface area contributed by atoms with Gasteiger partial charge >= 0.3 is 15.4 Å². The van der Waals surface area contributed by atoms with Crippen molar-refractivity contribution in [3.05, 3.63) is 97.1 Å². The zero-order valence-corrected chi connectivity index (χ0v) is 25.1. The van der Waals surface area contributed by atoms with Crippen molar-refractivity contribution in [2.24, 2.45) is 0 Å². The first kappa shape index (κ1) is 24.8. The molecule has 0 saturated carbocycles. The van der Waals surface area contributed by atoms with E-state index >= 15 is 0 Å². The molecule has 42 heavy (non-hydrogen) atoms. The molecular formula is C32H20AlClN8. The molecule has 2 aliphatic rings. The minimum Gasteiger partial charge on any atom is -0.324 e. The van der Waals surface area contributed by atoms with Gasteiger partial charge in [-0.25, -0.2) is 29.9 Å². The minimum absolute atomic E-state index is 0.597. The molecule has 0 fully saturated rings. The highest BCUT2D eigenvalue weighted by atomic mass is 35.6. The molecule has 0 aliphatic carbocycles. The van der Waals surface area contributed by atoms with Crippen LogP contribution < -0.4 is 0 Å². The lowest BCUT2D eigenvalue weighted by Crippen LogP contribution is -1.82. The molecule has 10 heteroatoms. The van der Waals surface area contributed by atoms with Crippen molar-refractivity contribution in [3.63, 3.8) is 0 Å². The third-order valence-electron chi connectivity index (χ3n) is 7.46. The SMILES string of the molecule is [AlH2][Cl].c1ccc2c(c1)-c1nc-2nc2[nH]c(nc3nc(nc4[nH]c(n1)c1ccccc41)-c1ccccc1-3)c1ccccc21. The Morgan fingerprint density at radius 3 is 0.857 bits per heavy atom. The predicted octanol–water partition coefficient (Wildman–Crippen LogP) is 6.64. The van der Waals surface area contributed by atoms with E-state index in [0.717, 1.165) is 59.2 Å². The molecule has 198 valence electrons. The van der Waals surface area contributed by atoms with Gasteiger partial charge in [0.25, 0.3) is 0 Å². The van der Waals surface area contributed by atoms with Gasteiger partial charge < -0.3 is 9.97 Å². The van der Waals surface area contributed by atoms with Gasteiger partial charge in [-0.05, 0) is 0 Å². The number of benzene rings is 4. The van der Waals surface area contributed by atoms with Gasteiger partial charge in [-0.3, -0.25) is 10.0 Å². The van der Waals surface area contributed by atoms with Crippen molar-refractivity contribution in [1.82, 2.24) is 39.9 Å². The summed E-state index contributed by atoms with van der Waals surface area (Å²) in [5.41, 5.74) is 6.45. The van der Waals surface area contributed by atoms with Crippen LogP contribution in [0.25, 0.3) is 89.7 Å². The number of halogens is 1. The average Bonchev–Trinajstić information content (AvgIpc) is 3.78. The van der Waals surface area contributed by atoms with Gasteiger partial charge in [0.15, 0.2) is 23.3 Å². The Morgan fingerprint density at radius 2 is 0.595 bits per heavy atom. The summed E-state index contributed by atoms with van der Waals surface area (Å²) in [6, 6.07) is 32.2. The van der Waals surface area contributed by atoms with Crippen LogP contribution in [0.1, 0.15) is 0 Å². The number of nitrogens with zero attached hydrogens (tertiary/aromatic N) is 6. The molecule has 0 radical (unpaired) electrons. The predicted molar refractivity (Wildman–Crippen MR) is 170 cm³/mol.